The van der Waals surface area contributed by atoms with Gasteiger partial charge in [-0.25, -0.2) is 4.79 Å². The average molecular weight is 406 g/mol. The predicted octanol–water partition coefficient (Wildman–Crippen LogP) is 4.63. The summed E-state index contributed by atoms with van der Waals surface area (Å²) in [6.45, 7) is 7.21. The average Bonchev–Trinajstić information content (AvgIpc) is 2.55. The van der Waals surface area contributed by atoms with Crippen molar-refractivity contribution in [1.29, 1.82) is 0 Å². The van der Waals surface area contributed by atoms with Gasteiger partial charge in [0.25, 0.3) is 0 Å². The Labute approximate surface area is 161 Å². The highest BCUT2D eigenvalue weighted by molar-refractivity contribution is 6.35. The largest absolute Gasteiger partial charge is 0.460 e. The smallest absolute Gasteiger partial charge is 0.416 e. The van der Waals surface area contributed by atoms with E-state index >= 15 is 0 Å². The van der Waals surface area contributed by atoms with Crippen LogP contribution in [-0.4, -0.2) is 36.4 Å². The van der Waals surface area contributed by atoms with Gasteiger partial charge in [-0.05, 0) is 43.4 Å². The Morgan fingerprint density at radius 2 is 1.96 bits per heavy atom. The van der Waals surface area contributed by atoms with E-state index in [0.717, 1.165) is 24.6 Å². The topological polar surface area (TPSA) is 53.9 Å². The minimum absolute atomic E-state index is 0.0312. The Morgan fingerprint density at radius 3 is 2.52 bits per heavy atom. The van der Waals surface area contributed by atoms with Crippen LogP contribution in [0.25, 0.3) is 0 Å². The molecule has 1 fully saturated rings. The summed E-state index contributed by atoms with van der Waals surface area (Å²) in [6.07, 6.45) is -3.48. The third-order valence-corrected chi connectivity index (χ3v) is 4.53. The van der Waals surface area contributed by atoms with Crippen LogP contribution in [0, 0.1) is 11.8 Å². The van der Waals surface area contributed by atoms with E-state index < -0.39 is 17.7 Å². The second kappa shape index (κ2) is 8.82. The lowest BCUT2D eigenvalue weighted by Crippen LogP contribution is -2.46. The molecule has 2 rings (SSSR count). The van der Waals surface area contributed by atoms with E-state index in [9.17, 15) is 18.0 Å². The molecule has 1 N–H and O–H groups in total. The standard InChI is InChI=1S/C18H23ClF3N3O2/c1-4-27-17(26)16(25-9-11(2)7-12(3)10-25)24-23-15-8-13(18(20,21)22)5-6-14(15)19/h5-6,8,11-12,23H,4,7,9-10H2,1-3H3/b24-16+. The van der Waals surface area contributed by atoms with Crippen molar-refractivity contribution in [2.45, 2.75) is 33.4 Å². The van der Waals surface area contributed by atoms with Crippen molar-refractivity contribution in [3.63, 3.8) is 0 Å². The van der Waals surface area contributed by atoms with Gasteiger partial charge in [0, 0.05) is 13.1 Å². The number of carbonyl (C=O) groups is 1. The van der Waals surface area contributed by atoms with Crippen molar-refractivity contribution in [2.24, 2.45) is 16.9 Å². The Hall–Kier alpha value is -1.96. The zero-order valence-electron chi connectivity index (χ0n) is 15.4. The van der Waals surface area contributed by atoms with E-state index in [-0.39, 0.29) is 23.2 Å². The van der Waals surface area contributed by atoms with Crippen molar-refractivity contribution in [2.75, 3.05) is 25.1 Å². The number of amidine groups is 1. The summed E-state index contributed by atoms with van der Waals surface area (Å²) in [4.78, 5) is 14.1. The third kappa shape index (κ3) is 5.76. The van der Waals surface area contributed by atoms with Gasteiger partial charge in [0.05, 0.1) is 22.9 Å². The summed E-state index contributed by atoms with van der Waals surface area (Å²) in [5.74, 6) is 0.106. The van der Waals surface area contributed by atoms with Crippen molar-refractivity contribution >= 4 is 29.1 Å². The zero-order chi connectivity index (χ0) is 20.2. The Morgan fingerprint density at radius 1 is 1.33 bits per heavy atom. The molecule has 0 amide bonds. The number of nitrogens with one attached hydrogen (secondary N) is 1. The van der Waals surface area contributed by atoms with Crippen molar-refractivity contribution in [3.05, 3.63) is 28.8 Å². The number of anilines is 1. The quantitative estimate of drug-likeness (QED) is 0.345. The molecule has 1 aromatic rings. The molecular formula is C18H23ClF3N3O2. The number of hydrogen-bond acceptors (Lipinski definition) is 4. The second-order valence-electron chi connectivity index (χ2n) is 6.81. The fourth-order valence-electron chi connectivity index (χ4n) is 3.18. The summed E-state index contributed by atoms with van der Waals surface area (Å²) in [5, 5.41) is 4.12. The van der Waals surface area contributed by atoms with Gasteiger partial charge >= 0.3 is 12.1 Å². The zero-order valence-corrected chi connectivity index (χ0v) is 16.2. The Kier molecular flexibility index (Phi) is 6.97. The Bertz CT molecular complexity index is 700. The SMILES string of the molecule is CCOC(=O)/C(=N\Nc1cc(C(F)(F)F)ccc1Cl)N1CC(C)CC(C)C1. The number of esters is 1. The highest BCUT2D eigenvalue weighted by Crippen LogP contribution is 2.34. The highest BCUT2D eigenvalue weighted by atomic mass is 35.5. The Balaban J connectivity index is 2.31. The van der Waals surface area contributed by atoms with Gasteiger partial charge in [0.2, 0.25) is 5.84 Å². The van der Waals surface area contributed by atoms with E-state index in [1.165, 1.54) is 0 Å². The van der Waals surface area contributed by atoms with Crippen LogP contribution in [0.1, 0.15) is 32.8 Å². The van der Waals surface area contributed by atoms with E-state index in [1.54, 1.807) is 11.8 Å². The van der Waals surface area contributed by atoms with Gasteiger partial charge < -0.3 is 9.64 Å². The number of piperidine rings is 1. The number of nitrogens with zero attached hydrogens (tertiary/aromatic N) is 2. The lowest BCUT2D eigenvalue weighted by molar-refractivity contribution is -0.138. The molecule has 0 saturated carbocycles. The highest BCUT2D eigenvalue weighted by Gasteiger charge is 2.31. The summed E-state index contributed by atoms with van der Waals surface area (Å²) in [5.41, 5.74) is 1.61. The van der Waals surface area contributed by atoms with Crippen LogP contribution in [-0.2, 0) is 15.7 Å². The molecule has 0 radical (unpaired) electrons. The maximum absolute atomic E-state index is 12.9. The molecule has 0 aliphatic carbocycles. The molecule has 0 bridgehead atoms. The minimum atomic E-state index is -4.51. The van der Waals surface area contributed by atoms with Gasteiger partial charge in [0.1, 0.15) is 0 Å². The molecule has 0 aromatic heterocycles. The van der Waals surface area contributed by atoms with Crippen LogP contribution in [0.3, 0.4) is 0 Å². The molecule has 27 heavy (non-hydrogen) atoms. The van der Waals surface area contributed by atoms with Crippen molar-refractivity contribution in [1.82, 2.24) is 4.90 Å². The maximum atomic E-state index is 12.9. The number of hydrazone groups is 1. The van der Waals surface area contributed by atoms with Gasteiger partial charge in [-0.2, -0.15) is 13.2 Å². The van der Waals surface area contributed by atoms with Gasteiger partial charge in [0.15, 0.2) is 0 Å². The van der Waals surface area contributed by atoms with Gasteiger partial charge in [-0.15, -0.1) is 5.10 Å². The second-order valence-corrected chi connectivity index (χ2v) is 7.22. The summed E-state index contributed by atoms with van der Waals surface area (Å²) in [6, 6.07) is 2.88. The number of ether oxygens (including phenoxy) is 1. The number of alkyl halides is 3. The first-order valence-electron chi connectivity index (χ1n) is 8.74. The number of halogens is 4. The molecule has 150 valence electrons. The molecule has 1 saturated heterocycles. The first-order valence-corrected chi connectivity index (χ1v) is 9.12. The summed E-state index contributed by atoms with van der Waals surface area (Å²) >= 11 is 5.97. The molecule has 1 aliphatic heterocycles. The van der Waals surface area contributed by atoms with Crippen molar-refractivity contribution < 1.29 is 22.7 Å². The number of likely N-dealkylation sites (tertiary alicyclic amines) is 1. The molecule has 2 atom stereocenters. The van der Waals surface area contributed by atoms with Crippen LogP contribution in [0.2, 0.25) is 5.02 Å². The first kappa shape index (κ1) is 21.3. The minimum Gasteiger partial charge on any atom is -0.460 e. The molecular weight excluding hydrogens is 383 g/mol. The van der Waals surface area contributed by atoms with Crippen LogP contribution in [0.15, 0.2) is 23.3 Å². The van der Waals surface area contributed by atoms with Crippen LogP contribution in [0.5, 0.6) is 0 Å². The van der Waals surface area contributed by atoms with Crippen LogP contribution >= 0.6 is 11.6 Å². The molecule has 1 heterocycles. The fourth-order valence-corrected chi connectivity index (χ4v) is 3.34. The first-order chi connectivity index (χ1) is 12.6. The van der Waals surface area contributed by atoms with E-state index in [2.05, 4.69) is 24.4 Å². The molecule has 2 unspecified atom stereocenters. The lowest BCUT2D eigenvalue weighted by Gasteiger charge is -2.36. The number of rotatable bonds is 3. The van der Waals surface area contributed by atoms with E-state index in [4.69, 9.17) is 16.3 Å². The van der Waals surface area contributed by atoms with E-state index in [1.807, 2.05) is 0 Å². The van der Waals surface area contributed by atoms with Gasteiger partial charge in [-0.3, -0.25) is 5.43 Å². The molecule has 5 nitrogen and oxygen atoms in total. The number of carbonyl (C=O) groups excluding carboxylic acids is 1. The monoisotopic (exact) mass is 405 g/mol. The summed E-state index contributed by atoms with van der Waals surface area (Å²) < 4.78 is 43.8. The molecule has 9 heteroatoms. The van der Waals surface area contributed by atoms with Crippen LogP contribution in [0.4, 0.5) is 18.9 Å². The van der Waals surface area contributed by atoms with E-state index in [0.29, 0.717) is 24.9 Å². The predicted molar refractivity (Wildman–Crippen MR) is 98.7 cm³/mol. The summed E-state index contributed by atoms with van der Waals surface area (Å²) in [7, 11) is 0. The van der Waals surface area contributed by atoms with Crippen molar-refractivity contribution in [3.8, 4) is 0 Å². The molecule has 1 aromatic carbocycles. The lowest BCUT2D eigenvalue weighted by atomic mass is 9.92. The normalized spacial score (nSPS) is 21.1. The number of hydrogen-bond donors (Lipinski definition) is 1. The fraction of sp³-hybridized carbons (Fsp3) is 0.556. The molecule has 1 aliphatic rings. The van der Waals surface area contributed by atoms with Crippen LogP contribution < -0.4 is 5.43 Å². The molecule has 0 spiro atoms. The van der Waals surface area contributed by atoms with Gasteiger partial charge in [-0.1, -0.05) is 25.4 Å². The number of benzene rings is 1. The maximum Gasteiger partial charge on any atom is 0.416 e. The third-order valence-electron chi connectivity index (χ3n) is 4.20.